The van der Waals surface area contributed by atoms with E-state index in [2.05, 4.69) is 49.4 Å². The van der Waals surface area contributed by atoms with Gasteiger partial charge in [-0.1, -0.05) is 66.2 Å². The van der Waals surface area contributed by atoms with E-state index in [1.807, 2.05) is 30.3 Å². The van der Waals surface area contributed by atoms with Gasteiger partial charge in [0.15, 0.2) is 0 Å². The van der Waals surface area contributed by atoms with E-state index in [-0.39, 0.29) is 12.4 Å². The highest BCUT2D eigenvalue weighted by atomic mass is 35.5. The van der Waals surface area contributed by atoms with Gasteiger partial charge in [-0.05, 0) is 54.3 Å². The molecule has 130 valence electrons. The highest BCUT2D eigenvalue weighted by Crippen LogP contribution is 2.27. The van der Waals surface area contributed by atoms with E-state index in [0.717, 1.165) is 12.2 Å². The van der Waals surface area contributed by atoms with Crippen LogP contribution in [-0.2, 0) is 13.0 Å². The number of halogens is 1. The van der Waals surface area contributed by atoms with Crippen LogP contribution in [0, 0.1) is 6.92 Å². The molecule has 2 nitrogen and oxygen atoms in total. The van der Waals surface area contributed by atoms with Crippen molar-refractivity contribution in [3.63, 3.8) is 0 Å². The lowest BCUT2D eigenvalue weighted by atomic mass is 9.96. The molecule has 3 rings (SSSR count). The second-order valence-electron chi connectivity index (χ2n) is 6.00. The van der Waals surface area contributed by atoms with Crippen molar-refractivity contribution in [1.82, 2.24) is 0 Å². The first kappa shape index (κ1) is 19.0. The van der Waals surface area contributed by atoms with E-state index in [9.17, 15) is 0 Å². The van der Waals surface area contributed by atoms with Crippen LogP contribution in [0.2, 0.25) is 0 Å². The van der Waals surface area contributed by atoms with Crippen molar-refractivity contribution in [1.29, 1.82) is 0 Å². The fourth-order valence-corrected chi connectivity index (χ4v) is 2.80. The van der Waals surface area contributed by atoms with E-state index in [1.54, 1.807) is 0 Å². The van der Waals surface area contributed by atoms with Gasteiger partial charge in [0.25, 0.3) is 0 Å². The summed E-state index contributed by atoms with van der Waals surface area (Å²) in [4.78, 5) is 0. The van der Waals surface area contributed by atoms with E-state index in [4.69, 9.17) is 10.5 Å². The van der Waals surface area contributed by atoms with Gasteiger partial charge in [-0.15, -0.1) is 12.4 Å². The summed E-state index contributed by atoms with van der Waals surface area (Å²) in [5.74, 6) is 0.885. The summed E-state index contributed by atoms with van der Waals surface area (Å²) < 4.78 is 5.86. The Morgan fingerprint density at radius 1 is 0.880 bits per heavy atom. The van der Waals surface area contributed by atoms with E-state index >= 15 is 0 Å². The van der Waals surface area contributed by atoms with Gasteiger partial charge in [0.1, 0.15) is 12.4 Å². The summed E-state index contributed by atoms with van der Waals surface area (Å²) in [7, 11) is 0. The predicted octanol–water partition coefficient (Wildman–Crippen LogP) is 5.16. The fraction of sp³-hybridized carbons (Fsp3) is 0.182. The standard InChI is InChI=1S/C22H23NO.ClH/c1-17-7-8-20(13-14-23)22(15-17)19-9-11-21(12-10-19)24-16-18-5-3-2-4-6-18;/h2-12,15H,13-14,16,23H2,1H3;1H. The Bertz CT molecular complexity index is 785. The van der Waals surface area contributed by atoms with Gasteiger partial charge in [0, 0.05) is 0 Å². The summed E-state index contributed by atoms with van der Waals surface area (Å²) in [6.07, 6.45) is 0.891. The van der Waals surface area contributed by atoms with Crippen LogP contribution in [0.15, 0.2) is 72.8 Å². The van der Waals surface area contributed by atoms with Crippen molar-refractivity contribution >= 4 is 12.4 Å². The van der Waals surface area contributed by atoms with Gasteiger partial charge in [-0.25, -0.2) is 0 Å². The largest absolute Gasteiger partial charge is 0.489 e. The summed E-state index contributed by atoms with van der Waals surface area (Å²) >= 11 is 0. The van der Waals surface area contributed by atoms with Crippen molar-refractivity contribution in [3.05, 3.63) is 89.5 Å². The molecule has 0 atom stereocenters. The predicted molar refractivity (Wildman–Crippen MR) is 107 cm³/mol. The van der Waals surface area contributed by atoms with Gasteiger partial charge in [-0.2, -0.15) is 0 Å². The smallest absolute Gasteiger partial charge is 0.119 e. The van der Waals surface area contributed by atoms with Crippen LogP contribution in [-0.4, -0.2) is 6.54 Å². The van der Waals surface area contributed by atoms with Crippen molar-refractivity contribution in [2.45, 2.75) is 20.0 Å². The molecule has 0 amide bonds. The molecule has 0 saturated carbocycles. The molecule has 0 aliphatic carbocycles. The van der Waals surface area contributed by atoms with Crippen LogP contribution in [0.3, 0.4) is 0 Å². The molecule has 25 heavy (non-hydrogen) atoms. The maximum atomic E-state index is 5.86. The SMILES string of the molecule is Cc1ccc(CCN)c(-c2ccc(OCc3ccccc3)cc2)c1.Cl. The second-order valence-corrected chi connectivity index (χ2v) is 6.00. The minimum absolute atomic E-state index is 0. The molecule has 3 aromatic carbocycles. The molecule has 0 aromatic heterocycles. The summed E-state index contributed by atoms with van der Waals surface area (Å²) in [5, 5.41) is 0. The molecular weight excluding hydrogens is 330 g/mol. The zero-order valence-electron chi connectivity index (χ0n) is 14.4. The Balaban J connectivity index is 0.00000225. The van der Waals surface area contributed by atoms with Gasteiger partial charge < -0.3 is 10.5 Å². The van der Waals surface area contributed by atoms with Crippen LogP contribution in [0.4, 0.5) is 0 Å². The van der Waals surface area contributed by atoms with Crippen LogP contribution in [0.5, 0.6) is 5.75 Å². The summed E-state index contributed by atoms with van der Waals surface area (Å²) in [6, 6.07) is 25.1. The Morgan fingerprint density at radius 2 is 1.60 bits per heavy atom. The highest BCUT2D eigenvalue weighted by Gasteiger charge is 2.06. The zero-order chi connectivity index (χ0) is 16.8. The second kappa shape index (κ2) is 9.26. The van der Waals surface area contributed by atoms with E-state index in [1.165, 1.54) is 27.8 Å². The van der Waals surface area contributed by atoms with Crippen molar-refractivity contribution in [3.8, 4) is 16.9 Å². The third-order valence-corrected chi connectivity index (χ3v) is 4.09. The Labute approximate surface area is 156 Å². The van der Waals surface area contributed by atoms with Crippen LogP contribution < -0.4 is 10.5 Å². The quantitative estimate of drug-likeness (QED) is 0.664. The summed E-state index contributed by atoms with van der Waals surface area (Å²) in [5.41, 5.74) is 11.9. The molecule has 2 N–H and O–H groups in total. The van der Waals surface area contributed by atoms with Gasteiger partial charge in [0.05, 0.1) is 0 Å². The lowest BCUT2D eigenvalue weighted by molar-refractivity contribution is 0.306. The van der Waals surface area contributed by atoms with Crippen molar-refractivity contribution < 1.29 is 4.74 Å². The van der Waals surface area contributed by atoms with Crippen LogP contribution in [0.25, 0.3) is 11.1 Å². The first-order chi connectivity index (χ1) is 11.8. The number of ether oxygens (including phenoxy) is 1. The third-order valence-electron chi connectivity index (χ3n) is 4.09. The average molecular weight is 354 g/mol. The first-order valence-electron chi connectivity index (χ1n) is 8.33. The first-order valence-corrected chi connectivity index (χ1v) is 8.33. The minimum Gasteiger partial charge on any atom is -0.489 e. The number of benzene rings is 3. The molecule has 3 heteroatoms. The van der Waals surface area contributed by atoms with Crippen LogP contribution >= 0.6 is 12.4 Å². The molecule has 0 spiro atoms. The number of aryl methyl sites for hydroxylation is 1. The molecule has 0 bridgehead atoms. The number of nitrogens with two attached hydrogens (primary N) is 1. The molecule has 0 aliphatic rings. The summed E-state index contributed by atoms with van der Waals surface area (Å²) in [6.45, 7) is 3.37. The van der Waals surface area contributed by atoms with Gasteiger partial charge >= 0.3 is 0 Å². The molecule has 0 radical (unpaired) electrons. The monoisotopic (exact) mass is 353 g/mol. The number of hydrogen-bond acceptors (Lipinski definition) is 2. The molecular formula is C22H24ClNO. The fourth-order valence-electron chi connectivity index (χ4n) is 2.80. The Morgan fingerprint density at radius 3 is 2.28 bits per heavy atom. The molecule has 0 saturated heterocycles. The lowest BCUT2D eigenvalue weighted by Gasteiger charge is -2.12. The maximum absolute atomic E-state index is 5.86. The van der Waals surface area contributed by atoms with Crippen molar-refractivity contribution in [2.24, 2.45) is 5.73 Å². The molecule has 3 aromatic rings. The molecule has 0 fully saturated rings. The van der Waals surface area contributed by atoms with Crippen LogP contribution in [0.1, 0.15) is 16.7 Å². The van der Waals surface area contributed by atoms with Gasteiger partial charge in [0.2, 0.25) is 0 Å². The minimum atomic E-state index is 0. The molecule has 0 unspecified atom stereocenters. The number of rotatable bonds is 6. The normalized spacial score (nSPS) is 10.2. The lowest BCUT2D eigenvalue weighted by Crippen LogP contribution is -2.04. The van der Waals surface area contributed by atoms with Crippen molar-refractivity contribution in [2.75, 3.05) is 6.54 Å². The Hall–Kier alpha value is -2.29. The zero-order valence-corrected chi connectivity index (χ0v) is 15.3. The molecule has 0 aliphatic heterocycles. The number of hydrogen-bond donors (Lipinski definition) is 1. The average Bonchev–Trinajstić information content (AvgIpc) is 2.63. The topological polar surface area (TPSA) is 35.2 Å². The maximum Gasteiger partial charge on any atom is 0.119 e. The third kappa shape index (κ3) is 5.09. The Kier molecular flexibility index (Phi) is 7.05. The van der Waals surface area contributed by atoms with E-state index < -0.39 is 0 Å². The highest BCUT2D eigenvalue weighted by molar-refractivity contribution is 5.85. The van der Waals surface area contributed by atoms with Gasteiger partial charge in [-0.3, -0.25) is 0 Å². The van der Waals surface area contributed by atoms with E-state index in [0.29, 0.717) is 13.2 Å². The molecule has 0 heterocycles.